The van der Waals surface area contributed by atoms with Gasteiger partial charge in [-0.2, -0.15) is 5.26 Å². The van der Waals surface area contributed by atoms with Crippen LogP contribution in [0.5, 0.6) is 0 Å². The zero-order chi connectivity index (χ0) is 14.8. The number of nitrogens with zero attached hydrogens (tertiary/aromatic N) is 3. The minimum Gasteiger partial charge on any atom is -0.478 e. The van der Waals surface area contributed by atoms with E-state index in [2.05, 4.69) is 11.1 Å². The molecule has 2 heterocycles. The van der Waals surface area contributed by atoms with Crippen molar-refractivity contribution in [3.8, 4) is 6.07 Å². The molecule has 2 aromatic heterocycles. The molecular formula is C16H11N3O2. The molecule has 5 nitrogen and oxygen atoms in total. The molecule has 0 saturated carbocycles. The third kappa shape index (κ3) is 2.23. The van der Waals surface area contributed by atoms with Crippen LogP contribution >= 0.6 is 0 Å². The zero-order valence-corrected chi connectivity index (χ0v) is 11.0. The fourth-order valence-corrected chi connectivity index (χ4v) is 2.40. The van der Waals surface area contributed by atoms with Gasteiger partial charge < -0.3 is 9.67 Å². The Labute approximate surface area is 120 Å². The molecule has 0 amide bonds. The van der Waals surface area contributed by atoms with Crippen molar-refractivity contribution >= 4 is 16.9 Å². The number of carboxylic acids is 1. The lowest BCUT2D eigenvalue weighted by Crippen LogP contribution is -2.02. The van der Waals surface area contributed by atoms with Crippen LogP contribution in [0.3, 0.4) is 0 Å². The smallest absolute Gasteiger partial charge is 0.337 e. The molecule has 0 unspecified atom stereocenters. The van der Waals surface area contributed by atoms with Crippen LogP contribution in [0.15, 0.2) is 48.8 Å². The van der Waals surface area contributed by atoms with Crippen molar-refractivity contribution in [2.45, 2.75) is 6.54 Å². The van der Waals surface area contributed by atoms with Gasteiger partial charge in [0.25, 0.3) is 0 Å². The second-order valence-electron chi connectivity index (χ2n) is 4.62. The lowest BCUT2D eigenvalue weighted by Gasteiger charge is -2.06. The van der Waals surface area contributed by atoms with Crippen LogP contribution < -0.4 is 0 Å². The van der Waals surface area contributed by atoms with E-state index >= 15 is 0 Å². The Hall–Kier alpha value is -3.13. The molecule has 0 aliphatic rings. The number of carboxylic acid groups (broad SMARTS) is 1. The van der Waals surface area contributed by atoms with E-state index in [1.165, 1.54) is 0 Å². The molecule has 1 aromatic carbocycles. The summed E-state index contributed by atoms with van der Waals surface area (Å²) in [5.41, 5.74) is 2.19. The molecule has 102 valence electrons. The van der Waals surface area contributed by atoms with Crippen molar-refractivity contribution < 1.29 is 9.90 Å². The van der Waals surface area contributed by atoms with Crippen LogP contribution in [-0.2, 0) is 6.54 Å². The summed E-state index contributed by atoms with van der Waals surface area (Å²) in [7, 11) is 0. The van der Waals surface area contributed by atoms with E-state index in [1.54, 1.807) is 24.5 Å². The number of carbonyl (C=O) groups is 1. The number of nitriles is 1. The zero-order valence-electron chi connectivity index (χ0n) is 11.0. The summed E-state index contributed by atoms with van der Waals surface area (Å²) in [5.74, 6) is -0.961. The summed E-state index contributed by atoms with van der Waals surface area (Å²) in [6, 6.07) is 13.0. The molecule has 0 bridgehead atoms. The average Bonchev–Trinajstić information content (AvgIpc) is 2.87. The molecule has 3 rings (SSSR count). The van der Waals surface area contributed by atoms with Crippen molar-refractivity contribution in [3.63, 3.8) is 0 Å². The predicted octanol–water partition coefficient (Wildman–Crippen LogP) is 2.65. The normalized spacial score (nSPS) is 10.4. The van der Waals surface area contributed by atoms with Gasteiger partial charge in [0, 0.05) is 28.9 Å². The highest BCUT2D eigenvalue weighted by Crippen LogP contribution is 2.22. The fraction of sp³-hybridized carbons (Fsp3) is 0.0625. The molecule has 0 atom stereocenters. The third-order valence-electron chi connectivity index (χ3n) is 3.36. The van der Waals surface area contributed by atoms with Crippen LogP contribution in [0.2, 0.25) is 0 Å². The number of pyridine rings is 1. The van der Waals surface area contributed by atoms with Gasteiger partial charge in [-0.1, -0.05) is 24.3 Å². The van der Waals surface area contributed by atoms with Gasteiger partial charge in [-0.15, -0.1) is 0 Å². The van der Waals surface area contributed by atoms with Crippen LogP contribution in [0, 0.1) is 11.3 Å². The first-order chi connectivity index (χ1) is 10.2. The highest BCUT2D eigenvalue weighted by atomic mass is 16.4. The Balaban J connectivity index is 2.14. The highest BCUT2D eigenvalue weighted by Gasteiger charge is 2.14. The Morgan fingerprint density at radius 3 is 2.86 bits per heavy atom. The first-order valence-electron chi connectivity index (χ1n) is 6.36. The maximum absolute atomic E-state index is 11.3. The second kappa shape index (κ2) is 5.10. The Kier molecular flexibility index (Phi) is 3.13. The van der Waals surface area contributed by atoms with Gasteiger partial charge in [0.15, 0.2) is 0 Å². The molecule has 0 fully saturated rings. The summed E-state index contributed by atoms with van der Waals surface area (Å²) in [4.78, 5) is 15.4. The van der Waals surface area contributed by atoms with Crippen molar-refractivity contribution in [1.29, 1.82) is 5.26 Å². The third-order valence-corrected chi connectivity index (χ3v) is 3.36. The van der Waals surface area contributed by atoms with Crippen molar-refractivity contribution in [2.75, 3.05) is 0 Å². The van der Waals surface area contributed by atoms with Gasteiger partial charge in [-0.25, -0.2) is 9.78 Å². The van der Waals surface area contributed by atoms with E-state index in [0.717, 1.165) is 11.1 Å². The minimum absolute atomic E-state index is 0.257. The van der Waals surface area contributed by atoms with E-state index in [1.807, 2.05) is 28.8 Å². The van der Waals surface area contributed by atoms with Crippen LogP contribution in [0.1, 0.15) is 21.6 Å². The van der Waals surface area contributed by atoms with E-state index in [9.17, 15) is 9.90 Å². The van der Waals surface area contributed by atoms with Gasteiger partial charge >= 0.3 is 5.97 Å². The van der Waals surface area contributed by atoms with E-state index in [0.29, 0.717) is 17.6 Å². The summed E-state index contributed by atoms with van der Waals surface area (Å²) in [5, 5.41) is 19.1. The molecule has 0 spiro atoms. The Morgan fingerprint density at radius 1 is 1.29 bits per heavy atom. The molecule has 3 aromatic rings. The number of hydrogen-bond donors (Lipinski definition) is 1. The predicted molar refractivity (Wildman–Crippen MR) is 77.0 cm³/mol. The summed E-state index contributed by atoms with van der Waals surface area (Å²) in [6.45, 7) is 0.407. The quantitative estimate of drug-likeness (QED) is 0.798. The first kappa shape index (κ1) is 12.9. The van der Waals surface area contributed by atoms with Crippen molar-refractivity contribution in [3.05, 3.63) is 65.6 Å². The average molecular weight is 277 g/mol. The molecule has 0 aliphatic carbocycles. The van der Waals surface area contributed by atoms with Crippen LogP contribution in [0.4, 0.5) is 0 Å². The van der Waals surface area contributed by atoms with E-state index in [4.69, 9.17) is 5.26 Å². The van der Waals surface area contributed by atoms with Gasteiger partial charge in [-0.3, -0.25) is 0 Å². The Morgan fingerprint density at radius 2 is 2.10 bits per heavy atom. The molecule has 0 saturated heterocycles. The molecule has 1 N–H and O–H groups in total. The first-order valence-corrected chi connectivity index (χ1v) is 6.36. The van der Waals surface area contributed by atoms with Gasteiger partial charge in [-0.05, 0) is 12.1 Å². The van der Waals surface area contributed by atoms with Gasteiger partial charge in [0.05, 0.1) is 12.1 Å². The number of aromatic nitrogens is 2. The Bertz CT molecular complexity index is 875. The van der Waals surface area contributed by atoms with Gasteiger partial charge in [0.2, 0.25) is 0 Å². The standard InChI is InChI=1S/C16H11N3O2/c17-8-14-11(4-3-7-18-14)9-19-10-13(16(20)21)12-5-1-2-6-15(12)19/h1-7,10H,9H2,(H,20,21). The SMILES string of the molecule is N#Cc1ncccc1Cn1cc(C(=O)O)c2ccccc21. The summed E-state index contributed by atoms with van der Waals surface area (Å²) < 4.78 is 1.83. The molecule has 0 radical (unpaired) electrons. The highest BCUT2D eigenvalue weighted by molar-refractivity contribution is 6.03. The fourth-order valence-electron chi connectivity index (χ4n) is 2.40. The molecule has 21 heavy (non-hydrogen) atoms. The number of fused-ring (bicyclic) bond motifs is 1. The summed E-state index contributed by atoms with van der Waals surface area (Å²) in [6.07, 6.45) is 3.17. The lowest BCUT2D eigenvalue weighted by molar-refractivity contribution is 0.0699. The number of benzene rings is 1. The van der Waals surface area contributed by atoms with Crippen LogP contribution in [0.25, 0.3) is 10.9 Å². The number of rotatable bonds is 3. The monoisotopic (exact) mass is 277 g/mol. The van der Waals surface area contributed by atoms with Crippen LogP contribution in [-0.4, -0.2) is 20.6 Å². The molecule has 5 heteroatoms. The van der Waals surface area contributed by atoms with Crippen molar-refractivity contribution in [1.82, 2.24) is 9.55 Å². The number of aromatic carboxylic acids is 1. The second-order valence-corrected chi connectivity index (χ2v) is 4.62. The van der Waals surface area contributed by atoms with E-state index < -0.39 is 5.97 Å². The largest absolute Gasteiger partial charge is 0.478 e. The topological polar surface area (TPSA) is 78.9 Å². The maximum Gasteiger partial charge on any atom is 0.337 e. The van der Waals surface area contributed by atoms with Gasteiger partial charge in [0.1, 0.15) is 11.8 Å². The number of para-hydroxylation sites is 1. The molecule has 0 aliphatic heterocycles. The maximum atomic E-state index is 11.3. The molecular weight excluding hydrogens is 266 g/mol. The van der Waals surface area contributed by atoms with Crippen molar-refractivity contribution in [2.24, 2.45) is 0 Å². The summed E-state index contributed by atoms with van der Waals surface area (Å²) >= 11 is 0. The van der Waals surface area contributed by atoms with E-state index in [-0.39, 0.29) is 5.56 Å². The number of hydrogen-bond acceptors (Lipinski definition) is 3. The lowest BCUT2D eigenvalue weighted by atomic mass is 10.2. The minimum atomic E-state index is -0.961.